The molecule has 0 bridgehead atoms. The Morgan fingerprint density at radius 2 is 1.26 bits per heavy atom. The summed E-state index contributed by atoms with van der Waals surface area (Å²) < 4.78 is 2.26. The van der Waals surface area contributed by atoms with E-state index in [0.717, 1.165) is 83.0 Å². The molecule has 0 unspecified atom stereocenters. The average Bonchev–Trinajstić information content (AvgIpc) is 3.62. The first-order chi connectivity index (χ1) is 28.6. The summed E-state index contributed by atoms with van der Waals surface area (Å²) in [5, 5.41) is 15.3. The predicted octanol–water partition coefficient (Wildman–Crippen LogP) is 14.2. The molecule has 0 amide bonds. The fourth-order valence-electron chi connectivity index (χ4n) is 8.26. The van der Waals surface area contributed by atoms with Gasteiger partial charge < -0.3 is 5.11 Å². The van der Waals surface area contributed by atoms with Crippen LogP contribution >= 0.6 is 0 Å². The Balaban J connectivity index is 0.00000514. The van der Waals surface area contributed by atoms with E-state index in [2.05, 4.69) is 188 Å². The maximum Gasteiger partial charge on any atom is 0.148 e. The number of phenols is 1. The SMILES string of the molecule is CC(C)(C)c1ccc(-n2c(-c3cc(C(C)(C)C)cc(C(C)(C)C)c3O)nc3c4c(ccc32)ncc2ccc(-c3cc(-c5ccccc5)ccn3)[c-]c24)c(-c2ccccc2)c1.[Pt]. The molecule has 0 spiro atoms. The number of benzene rings is 6. The summed E-state index contributed by atoms with van der Waals surface area (Å²) in [5.41, 5.74) is 13.0. The molecule has 1 N–H and O–H groups in total. The summed E-state index contributed by atoms with van der Waals surface area (Å²) in [4.78, 5) is 15.4. The molecular formula is C55H51N4OPt-. The van der Waals surface area contributed by atoms with Crippen molar-refractivity contribution in [2.75, 3.05) is 0 Å². The summed E-state index contributed by atoms with van der Waals surface area (Å²) in [6.07, 6.45) is 3.79. The van der Waals surface area contributed by atoms with Crippen LogP contribution in [-0.4, -0.2) is 24.6 Å². The van der Waals surface area contributed by atoms with Gasteiger partial charge in [0.25, 0.3) is 0 Å². The van der Waals surface area contributed by atoms with Gasteiger partial charge in [0.05, 0.1) is 22.3 Å². The minimum Gasteiger partial charge on any atom is -0.507 e. The Morgan fingerprint density at radius 1 is 0.590 bits per heavy atom. The van der Waals surface area contributed by atoms with Crippen molar-refractivity contribution in [1.29, 1.82) is 0 Å². The second-order valence-corrected chi connectivity index (χ2v) is 19.1. The summed E-state index contributed by atoms with van der Waals surface area (Å²) in [6.45, 7) is 19.9. The van der Waals surface area contributed by atoms with Gasteiger partial charge >= 0.3 is 0 Å². The fourth-order valence-corrected chi connectivity index (χ4v) is 8.26. The second-order valence-electron chi connectivity index (χ2n) is 19.1. The zero-order valence-electron chi connectivity index (χ0n) is 36.3. The number of aromatic nitrogens is 4. The van der Waals surface area contributed by atoms with Crippen LogP contribution in [0.1, 0.15) is 79.0 Å². The number of phenolic OH excluding ortho intramolecular Hbond substituents is 1. The number of fused-ring (bicyclic) bond motifs is 5. The Morgan fingerprint density at radius 3 is 1.93 bits per heavy atom. The average molecular weight is 979 g/mol. The van der Waals surface area contributed by atoms with Crippen LogP contribution < -0.4 is 0 Å². The van der Waals surface area contributed by atoms with Gasteiger partial charge in [0.2, 0.25) is 0 Å². The van der Waals surface area contributed by atoms with Crippen LogP contribution in [0.2, 0.25) is 0 Å². The molecule has 5 nitrogen and oxygen atoms in total. The standard InChI is InChI=1S/C55H51N4O.Pt/c1-53(2,3)39-22-24-47(41(30-39)35-18-14-11-15-19-35)59-48-25-23-45-49(50(48)58-52(59)43-31-40(54(4,5)6)32-44(51(43)60)55(7,8)9)42-28-37(20-21-38(42)33-57-45)46-29-36(26-27-56-46)34-16-12-10-13-17-34;/h10-27,29-33,60H,1-9H3;/q-1;. The molecule has 0 aliphatic rings. The third-order valence-corrected chi connectivity index (χ3v) is 11.7. The summed E-state index contributed by atoms with van der Waals surface area (Å²) in [5.74, 6) is 0.905. The zero-order chi connectivity index (χ0) is 42.1. The molecule has 3 heterocycles. The minimum atomic E-state index is -0.329. The molecule has 61 heavy (non-hydrogen) atoms. The Kier molecular flexibility index (Phi) is 10.6. The van der Waals surface area contributed by atoms with Crippen LogP contribution in [-0.2, 0) is 37.3 Å². The molecule has 0 aliphatic heterocycles. The number of nitrogens with zero attached hydrogens (tertiary/aromatic N) is 4. The van der Waals surface area contributed by atoms with Crippen molar-refractivity contribution < 1.29 is 26.2 Å². The van der Waals surface area contributed by atoms with Crippen molar-refractivity contribution in [2.45, 2.75) is 78.6 Å². The number of rotatable bonds is 5. The Hall–Kier alpha value is -5.90. The molecule has 0 saturated heterocycles. The molecule has 308 valence electrons. The van der Waals surface area contributed by atoms with Crippen LogP contribution in [0.15, 0.2) is 140 Å². The molecule has 0 fully saturated rings. The maximum atomic E-state index is 12.5. The smallest absolute Gasteiger partial charge is 0.148 e. The van der Waals surface area contributed by atoms with E-state index in [-0.39, 0.29) is 43.1 Å². The van der Waals surface area contributed by atoms with E-state index in [1.54, 1.807) is 0 Å². The molecule has 6 aromatic carbocycles. The van der Waals surface area contributed by atoms with Gasteiger partial charge in [0.15, 0.2) is 0 Å². The Labute approximate surface area is 373 Å². The van der Waals surface area contributed by atoms with Gasteiger partial charge in [-0.2, -0.15) is 0 Å². The Bertz CT molecular complexity index is 3090. The minimum absolute atomic E-state index is 0. The van der Waals surface area contributed by atoms with Crippen molar-refractivity contribution in [3.8, 4) is 56.3 Å². The van der Waals surface area contributed by atoms with Gasteiger partial charge in [0, 0.05) is 55.8 Å². The molecule has 0 radical (unpaired) electrons. The van der Waals surface area contributed by atoms with E-state index in [4.69, 9.17) is 15.0 Å². The molecule has 9 rings (SSSR count). The number of hydrogen-bond acceptors (Lipinski definition) is 4. The van der Waals surface area contributed by atoms with Crippen LogP contribution in [0.3, 0.4) is 0 Å². The number of pyridine rings is 2. The first kappa shape index (κ1) is 41.8. The molecule has 6 heteroatoms. The van der Waals surface area contributed by atoms with Gasteiger partial charge in [-0.25, -0.2) is 4.98 Å². The normalized spacial score (nSPS) is 12.3. The van der Waals surface area contributed by atoms with E-state index in [1.807, 2.05) is 24.5 Å². The van der Waals surface area contributed by atoms with Gasteiger partial charge in [0.1, 0.15) is 11.6 Å². The third-order valence-electron chi connectivity index (χ3n) is 11.7. The molecule has 0 aliphatic carbocycles. The summed E-state index contributed by atoms with van der Waals surface area (Å²) in [6, 6.07) is 48.4. The van der Waals surface area contributed by atoms with Crippen LogP contribution in [0.4, 0.5) is 0 Å². The third kappa shape index (κ3) is 7.70. The van der Waals surface area contributed by atoms with Gasteiger partial charge in [-0.3, -0.25) is 14.5 Å². The fraction of sp³-hybridized carbons (Fsp3) is 0.218. The molecule has 9 aromatic rings. The van der Waals surface area contributed by atoms with E-state index in [9.17, 15) is 5.11 Å². The van der Waals surface area contributed by atoms with Crippen molar-refractivity contribution >= 4 is 32.7 Å². The molecular weight excluding hydrogens is 928 g/mol. The van der Waals surface area contributed by atoms with Crippen LogP contribution in [0, 0.1) is 6.07 Å². The zero-order valence-corrected chi connectivity index (χ0v) is 38.6. The first-order valence-electron chi connectivity index (χ1n) is 20.8. The van der Waals surface area contributed by atoms with Gasteiger partial charge in [-0.15, -0.1) is 23.6 Å². The quantitative estimate of drug-likeness (QED) is 0.138. The van der Waals surface area contributed by atoms with Gasteiger partial charge in [-0.05, 0) is 85.8 Å². The number of aromatic hydroxyl groups is 1. The van der Waals surface area contributed by atoms with Crippen LogP contribution in [0.25, 0.3) is 83.3 Å². The number of hydrogen-bond donors (Lipinski definition) is 1. The number of imidazole rings is 1. The van der Waals surface area contributed by atoms with Crippen molar-refractivity contribution in [3.63, 3.8) is 0 Å². The van der Waals surface area contributed by atoms with Gasteiger partial charge in [-0.1, -0.05) is 152 Å². The maximum absolute atomic E-state index is 12.5. The molecule has 0 atom stereocenters. The van der Waals surface area contributed by atoms with E-state index in [0.29, 0.717) is 11.4 Å². The van der Waals surface area contributed by atoms with E-state index < -0.39 is 0 Å². The predicted molar refractivity (Wildman–Crippen MR) is 250 cm³/mol. The largest absolute Gasteiger partial charge is 0.507 e. The van der Waals surface area contributed by atoms with Crippen molar-refractivity contribution in [2.24, 2.45) is 0 Å². The topological polar surface area (TPSA) is 63.8 Å². The first-order valence-corrected chi connectivity index (χ1v) is 20.8. The molecule has 3 aromatic heterocycles. The van der Waals surface area contributed by atoms with Crippen LogP contribution in [0.5, 0.6) is 5.75 Å². The summed E-state index contributed by atoms with van der Waals surface area (Å²) >= 11 is 0. The summed E-state index contributed by atoms with van der Waals surface area (Å²) in [7, 11) is 0. The van der Waals surface area contributed by atoms with E-state index >= 15 is 0 Å². The van der Waals surface area contributed by atoms with Crippen molar-refractivity contribution in [1.82, 2.24) is 19.5 Å². The van der Waals surface area contributed by atoms with E-state index in [1.165, 1.54) is 5.56 Å². The monoisotopic (exact) mass is 978 g/mol. The molecule has 0 saturated carbocycles. The van der Waals surface area contributed by atoms with Crippen molar-refractivity contribution in [3.05, 3.63) is 163 Å². The second kappa shape index (κ2) is 15.5.